The van der Waals surface area contributed by atoms with Gasteiger partial charge in [-0.05, 0) is 27.7 Å². The Morgan fingerprint density at radius 2 is 1.67 bits per heavy atom. The fourth-order valence-corrected chi connectivity index (χ4v) is 0.992. The summed E-state index contributed by atoms with van der Waals surface area (Å²) in [6, 6.07) is 0.0478. The van der Waals surface area contributed by atoms with Crippen LogP contribution >= 0.6 is 0 Å². The van der Waals surface area contributed by atoms with Crippen LogP contribution in [0, 0.1) is 0 Å². The Morgan fingerprint density at radius 1 is 1.13 bits per heavy atom. The van der Waals surface area contributed by atoms with E-state index in [4.69, 9.17) is 0 Å². The molecule has 0 radical (unpaired) electrons. The largest absolute Gasteiger partial charge is 0.390 e. The first-order valence-corrected chi connectivity index (χ1v) is 5.15. The number of halogens is 3. The molecule has 0 amide bonds. The zero-order chi connectivity index (χ0) is 12.1. The summed E-state index contributed by atoms with van der Waals surface area (Å²) in [5.74, 6) is 0. The van der Waals surface area contributed by atoms with Gasteiger partial charge in [-0.2, -0.15) is 13.2 Å². The molecule has 92 valence electrons. The highest BCUT2D eigenvalue weighted by molar-refractivity contribution is 4.74. The Kier molecular flexibility index (Phi) is 5.59. The summed E-state index contributed by atoms with van der Waals surface area (Å²) < 4.78 is 35.5. The van der Waals surface area contributed by atoms with Crippen LogP contribution in [0.4, 0.5) is 13.2 Å². The van der Waals surface area contributed by atoms with Crippen LogP contribution < -0.4 is 10.6 Å². The predicted molar refractivity (Wildman–Crippen MR) is 55.9 cm³/mol. The third-order valence-electron chi connectivity index (χ3n) is 1.84. The monoisotopic (exact) mass is 226 g/mol. The maximum atomic E-state index is 11.8. The van der Waals surface area contributed by atoms with Crippen molar-refractivity contribution in [3.63, 3.8) is 0 Å². The maximum absolute atomic E-state index is 11.8. The highest BCUT2D eigenvalue weighted by Crippen LogP contribution is 2.18. The van der Waals surface area contributed by atoms with Crippen LogP contribution in [0.1, 0.15) is 34.1 Å². The molecule has 0 aromatic carbocycles. The lowest BCUT2D eigenvalue weighted by Gasteiger charge is -2.24. The molecular formula is C10H21F3N2. The van der Waals surface area contributed by atoms with Crippen LogP contribution in [0.3, 0.4) is 0 Å². The van der Waals surface area contributed by atoms with Crippen molar-refractivity contribution in [1.82, 2.24) is 10.6 Å². The minimum atomic E-state index is -4.07. The molecule has 2 N–H and O–H groups in total. The van der Waals surface area contributed by atoms with E-state index in [0.29, 0.717) is 6.54 Å². The van der Waals surface area contributed by atoms with Gasteiger partial charge >= 0.3 is 6.18 Å². The van der Waals surface area contributed by atoms with Crippen molar-refractivity contribution in [3.8, 4) is 0 Å². The summed E-state index contributed by atoms with van der Waals surface area (Å²) in [5, 5.41) is 6.05. The predicted octanol–water partition coefficient (Wildman–Crippen LogP) is 2.31. The Morgan fingerprint density at radius 3 is 2.07 bits per heavy atom. The molecule has 0 aromatic rings. The van der Waals surface area contributed by atoms with Crippen molar-refractivity contribution >= 4 is 0 Å². The molecule has 0 saturated heterocycles. The third-order valence-corrected chi connectivity index (χ3v) is 1.84. The Bertz CT molecular complexity index is 172. The molecule has 0 aliphatic heterocycles. The van der Waals surface area contributed by atoms with E-state index in [1.807, 2.05) is 27.7 Å². The Labute approximate surface area is 89.6 Å². The molecule has 2 nitrogen and oxygen atoms in total. The van der Waals surface area contributed by atoms with Crippen molar-refractivity contribution in [2.75, 3.05) is 13.1 Å². The third kappa shape index (κ3) is 11.6. The zero-order valence-corrected chi connectivity index (χ0v) is 9.83. The van der Waals surface area contributed by atoms with Crippen molar-refractivity contribution < 1.29 is 13.2 Å². The van der Waals surface area contributed by atoms with Crippen LogP contribution in [-0.4, -0.2) is 30.8 Å². The average molecular weight is 226 g/mol. The molecule has 0 aliphatic carbocycles. The molecule has 1 unspecified atom stereocenters. The average Bonchev–Trinajstić information content (AvgIpc) is 1.97. The zero-order valence-electron chi connectivity index (χ0n) is 9.83. The fraction of sp³-hybridized carbons (Fsp3) is 1.00. The lowest BCUT2D eigenvalue weighted by atomic mass is 10.1. The second kappa shape index (κ2) is 5.70. The van der Waals surface area contributed by atoms with Gasteiger partial charge in [0.15, 0.2) is 0 Å². The summed E-state index contributed by atoms with van der Waals surface area (Å²) in [7, 11) is 0. The van der Waals surface area contributed by atoms with Gasteiger partial charge in [0.2, 0.25) is 0 Å². The first-order chi connectivity index (χ1) is 6.60. The lowest BCUT2D eigenvalue weighted by Crippen LogP contribution is -2.45. The van der Waals surface area contributed by atoms with Crippen molar-refractivity contribution in [2.45, 2.75) is 51.9 Å². The lowest BCUT2D eigenvalue weighted by molar-refractivity contribution is -0.133. The number of nitrogens with one attached hydrogen (secondary N) is 2. The van der Waals surface area contributed by atoms with Gasteiger partial charge in [0, 0.05) is 24.7 Å². The smallest absolute Gasteiger partial charge is 0.313 e. The quantitative estimate of drug-likeness (QED) is 0.751. The second-order valence-electron chi connectivity index (χ2n) is 4.85. The maximum Gasteiger partial charge on any atom is 0.390 e. The van der Waals surface area contributed by atoms with Gasteiger partial charge in [-0.25, -0.2) is 0 Å². The van der Waals surface area contributed by atoms with Gasteiger partial charge < -0.3 is 10.6 Å². The van der Waals surface area contributed by atoms with Crippen LogP contribution in [0.25, 0.3) is 0 Å². The van der Waals surface area contributed by atoms with Crippen molar-refractivity contribution in [1.29, 1.82) is 0 Å². The minimum absolute atomic E-state index is 0.0000326. The highest BCUT2D eigenvalue weighted by Gasteiger charge is 2.26. The van der Waals surface area contributed by atoms with E-state index in [1.54, 1.807) is 0 Å². The van der Waals surface area contributed by atoms with Crippen LogP contribution in [0.5, 0.6) is 0 Å². The number of alkyl halides is 3. The minimum Gasteiger partial charge on any atom is -0.313 e. The van der Waals surface area contributed by atoms with E-state index in [-0.39, 0.29) is 18.1 Å². The molecule has 0 aliphatic rings. The van der Waals surface area contributed by atoms with Crippen LogP contribution in [0.15, 0.2) is 0 Å². The van der Waals surface area contributed by atoms with E-state index in [9.17, 15) is 13.2 Å². The van der Waals surface area contributed by atoms with Gasteiger partial charge in [0.1, 0.15) is 0 Å². The number of hydrogen-bond donors (Lipinski definition) is 2. The van der Waals surface area contributed by atoms with E-state index in [0.717, 1.165) is 0 Å². The van der Waals surface area contributed by atoms with Crippen LogP contribution in [0.2, 0.25) is 0 Å². The molecule has 0 rings (SSSR count). The standard InChI is InChI=1S/C10H21F3N2/c1-8(7-15-9(2,3)4)14-6-5-10(11,12)13/h8,14-15H,5-7H2,1-4H3. The fourth-order valence-electron chi connectivity index (χ4n) is 0.992. The molecule has 0 bridgehead atoms. The van der Waals surface area contributed by atoms with E-state index >= 15 is 0 Å². The molecule has 0 saturated carbocycles. The van der Waals surface area contributed by atoms with E-state index in [1.165, 1.54) is 0 Å². The Hall–Kier alpha value is -0.290. The molecule has 0 fully saturated rings. The molecule has 5 heteroatoms. The molecule has 0 aromatic heterocycles. The summed E-state index contributed by atoms with van der Waals surface area (Å²) in [6.07, 6.45) is -4.84. The van der Waals surface area contributed by atoms with Crippen LogP contribution in [-0.2, 0) is 0 Å². The van der Waals surface area contributed by atoms with Gasteiger partial charge in [-0.3, -0.25) is 0 Å². The second-order valence-corrected chi connectivity index (χ2v) is 4.85. The molecule has 1 atom stereocenters. The normalized spacial score (nSPS) is 15.4. The van der Waals surface area contributed by atoms with E-state index in [2.05, 4.69) is 10.6 Å². The summed E-state index contributed by atoms with van der Waals surface area (Å²) >= 11 is 0. The van der Waals surface area contributed by atoms with Gasteiger partial charge in [-0.15, -0.1) is 0 Å². The molecular weight excluding hydrogens is 205 g/mol. The Balaban J connectivity index is 3.54. The van der Waals surface area contributed by atoms with E-state index < -0.39 is 12.6 Å². The summed E-state index contributed by atoms with van der Waals surface area (Å²) in [4.78, 5) is 0. The summed E-state index contributed by atoms with van der Waals surface area (Å²) in [5.41, 5.74) is -0.0000326. The first kappa shape index (κ1) is 14.7. The molecule has 15 heavy (non-hydrogen) atoms. The molecule has 0 heterocycles. The van der Waals surface area contributed by atoms with Crippen molar-refractivity contribution in [3.05, 3.63) is 0 Å². The molecule has 0 spiro atoms. The van der Waals surface area contributed by atoms with Gasteiger partial charge in [0.25, 0.3) is 0 Å². The number of hydrogen-bond acceptors (Lipinski definition) is 2. The summed E-state index contributed by atoms with van der Waals surface area (Å²) in [6.45, 7) is 8.59. The van der Waals surface area contributed by atoms with Gasteiger partial charge in [-0.1, -0.05) is 0 Å². The highest BCUT2D eigenvalue weighted by atomic mass is 19.4. The topological polar surface area (TPSA) is 24.1 Å². The van der Waals surface area contributed by atoms with Crippen molar-refractivity contribution in [2.24, 2.45) is 0 Å². The first-order valence-electron chi connectivity index (χ1n) is 5.15. The SMILES string of the molecule is CC(CNC(C)(C)C)NCCC(F)(F)F. The van der Waals surface area contributed by atoms with Gasteiger partial charge in [0.05, 0.1) is 6.42 Å². The number of rotatable bonds is 5.